The first kappa shape index (κ1) is 16.2. The number of hydrogen-bond acceptors (Lipinski definition) is 3. The van der Waals surface area contributed by atoms with Crippen molar-refractivity contribution in [1.82, 2.24) is 10.6 Å². The lowest BCUT2D eigenvalue weighted by Gasteiger charge is -2.39. The summed E-state index contributed by atoms with van der Waals surface area (Å²) >= 11 is 1.96. The lowest BCUT2D eigenvalue weighted by atomic mass is 9.75. The summed E-state index contributed by atoms with van der Waals surface area (Å²) in [5, 5.41) is 6.69. The van der Waals surface area contributed by atoms with Gasteiger partial charge < -0.3 is 10.6 Å². The van der Waals surface area contributed by atoms with Crippen molar-refractivity contribution < 1.29 is 4.79 Å². The van der Waals surface area contributed by atoms with E-state index in [4.69, 9.17) is 0 Å². The van der Waals surface area contributed by atoms with Crippen LogP contribution >= 0.6 is 11.8 Å². The number of thioether (sulfide) groups is 1. The van der Waals surface area contributed by atoms with Crippen molar-refractivity contribution in [3.05, 3.63) is 0 Å². The van der Waals surface area contributed by atoms with Crippen molar-refractivity contribution in [3.63, 3.8) is 0 Å². The van der Waals surface area contributed by atoms with Crippen LogP contribution in [0.3, 0.4) is 0 Å². The number of nitrogens with one attached hydrogen (secondary N) is 2. The molecule has 0 atom stereocenters. The zero-order valence-electron chi connectivity index (χ0n) is 13.1. The number of piperidine rings is 1. The Morgan fingerprint density at radius 3 is 2.35 bits per heavy atom. The summed E-state index contributed by atoms with van der Waals surface area (Å²) in [5.74, 6) is 0.306. The average molecular weight is 298 g/mol. The van der Waals surface area contributed by atoms with Crippen molar-refractivity contribution in [2.45, 2.75) is 63.0 Å². The molecule has 1 saturated carbocycles. The van der Waals surface area contributed by atoms with E-state index in [0.29, 0.717) is 10.7 Å². The summed E-state index contributed by atoms with van der Waals surface area (Å²) in [6.45, 7) is 4.99. The van der Waals surface area contributed by atoms with E-state index in [-0.39, 0.29) is 5.41 Å². The van der Waals surface area contributed by atoms with Crippen molar-refractivity contribution in [2.24, 2.45) is 5.41 Å². The summed E-state index contributed by atoms with van der Waals surface area (Å²) < 4.78 is 0.301. The van der Waals surface area contributed by atoms with Crippen LogP contribution in [0, 0.1) is 5.41 Å². The van der Waals surface area contributed by atoms with Gasteiger partial charge in [0.05, 0.1) is 5.41 Å². The minimum absolute atomic E-state index is 0.112. The molecule has 0 aromatic rings. The van der Waals surface area contributed by atoms with Crippen LogP contribution in [0.4, 0.5) is 0 Å². The molecule has 2 N–H and O–H groups in total. The van der Waals surface area contributed by atoms with E-state index in [2.05, 4.69) is 23.8 Å². The summed E-state index contributed by atoms with van der Waals surface area (Å²) in [6.07, 6.45) is 11.7. The van der Waals surface area contributed by atoms with Gasteiger partial charge in [-0.15, -0.1) is 0 Å². The fraction of sp³-hybridized carbons (Fsp3) is 0.938. The van der Waals surface area contributed by atoms with Gasteiger partial charge in [-0.25, -0.2) is 0 Å². The smallest absolute Gasteiger partial charge is 0.226 e. The van der Waals surface area contributed by atoms with Crippen LogP contribution in [0.1, 0.15) is 58.3 Å². The maximum absolute atomic E-state index is 12.7. The van der Waals surface area contributed by atoms with Crippen LogP contribution < -0.4 is 10.6 Å². The first-order chi connectivity index (χ1) is 9.66. The molecule has 1 heterocycles. The fourth-order valence-electron chi connectivity index (χ4n) is 3.72. The fourth-order valence-corrected chi connectivity index (χ4v) is 4.64. The second kappa shape index (κ2) is 7.17. The summed E-state index contributed by atoms with van der Waals surface area (Å²) in [6, 6.07) is 0. The first-order valence-electron chi connectivity index (χ1n) is 8.21. The second-order valence-corrected chi connectivity index (χ2v) is 7.79. The first-order valence-corrected chi connectivity index (χ1v) is 9.43. The lowest BCUT2D eigenvalue weighted by molar-refractivity contribution is -0.133. The molecule has 0 unspecified atom stereocenters. The molecule has 2 rings (SSSR count). The van der Waals surface area contributed by atoms with Gasteiger partial charge in [0.25, 0.3) is 0 Å². The third-order valence-corrected chi connectivity index (χ3v) is 6.91. The van der Waals surface area contributed by atoms with Crippen LogP contribution in [-0.2, 0) is 4.79 Å². The van der Waals surface area contributed by atoms with Gasteiger partial charge in [-0.05, 0) is 51.4 Å². The van der Waals surface area contributed by atoms with Crippen LogP contribution in [0.15, 0.2) is 0 Å². The van der Waals surface area contributed by atoms with Gasteiger partial charge in [0.2, 0.25) is 5.91 Å². The second-order valence-electron chi connectivity index (χ2n) is 6.51. The quantitative estimate of drug-likeness (QED) is 0.820. The Kier molecular flexibility index (Phi) is 5.79. The molecule has 2 fully saturated rings. The highest BCUT2D eigenvalue weighted by Gasteiger charge is 2.39. The minimum Gasteiger partial charge on any atom is -0.354 e. The third-order valence-electron chi connectivity index (χ3n) is 5.49. The van der Waals surface area contributed by atoms with Crippen LogP contribution in [0.2, 0.25) is 0 Å². The number of amides is 1. The van der Waals surface area contributed by atoms with Crippen LogP contribution in [0.25, 0.3) is 0 Å². The van der Waals surface area contributed by atoms with Gasteiger partial charge in [-0.3, -0.25) is 4.79 Å². The molecule has 116 valence electrons. The molecule has 0 aromatic carbocycles. The van der Waals surface area contributed by atoms with Gasteiger partial charge in [-0.2, -0.15) is 11.8 Å². The number of hydrogen-bond donors (Lipinski definition) is 2. The van der Waals surface area contributed by atoms with Crippen molar-refractivity contribution >= 4 is 17.7 Å². The molecule has 0 bridgehead atoms. The van der Waals surface area contributed by atoms with E-state index >= 15 is 0 Å². The minimum atomic E-state index is -0.112. The number of carbonyl (C=O) groups is 1. The standard InChI is InChI=1S/C16H30N2OS/c1-3-15(9-11-17-12-10-15)14(19)18-13-16(20-2)7-5-4-6-8-16/h17H,3-13H2,1-2H3,(H,18,19). The Morgan fingerprint density at radius 1 is 1.15 bits per heavy atom. The Morgan fingerprint density at radius 2 is 1.80 bits per heavy atom. The molecule has 1 aliphatic carbocycles. The van der Waals surface area contributed by atoms with Crippen molar-refractivity contribution in [3.8, 4) is 0 Å². The lowest BCUT2D eigenvalue weighted by Crippen LogP contribution is -2.51. The Bertz CT molecular complexity index is 320. The Balaban J connectivity index is 1.92. The highest BCUT2D eigenvalue weighted by molar-refractivity contribution is 8.00. The van der Waals surface area contributed by atoms with Crippen LogP contribution in [-0.4, -0.2) is 36.5 Å². The van der Waals surface area contributed by atoms with Crippen molar-refractivity contribution in [2.75, 3.05) is 25.9 Å². The Hall–Kier alpha value is -0.220. The van der Waals surface area contributed by atoms with Gasteiger partial charge in [0, 0.05) is 11.3 Å². The molecular weight excluding hydrogens is 268 g/mol. The maximum atomic E-state index is 12.7. The third kappa shape index (κ3) is 3.51. The van der Waals surface area contributed by atoms with Gasteiger partial charge >= 0.3 is 0 Å². The topological polar surface area (TPSA) is 41.1 Å². The van der Waals surface area contributed by atoms with E-state index in [9.17, 15) is 4.79 Å². The molecule has 1 saturated heterocycles. The number of carbonyl (C=O) groups excluding carboxylic acids is 1. The molecule has 3 nitrogen and oxygen atoms in total. The largest absolute Gasteiger partial charge is 0.354 e. The SMILES string of the molecule is CCC1(C(=O)NCC2(SC)CCCCC2)CCNCC1. The highest BCUT2D eigenvalue weighted by atomic mass is 32.2. The van der Waals surface area contributed by atoms with E-state index in [0.717, 1.165) is 38.9 Å². The van der Waals surface area contributed by atoms with E-state index in [1.165, 1.54) is 32.1 Å². The van der Waals surface area contributed by atoms with E-state index in [1.54, 1.807) is 0 Å². The van der Waals surface area contributed by atoms with Crippen molar-refractivity contribution in [1.29, 1.82) is 0 Å². The molecule has 0 spiro atoms. The van der Waals surface area contributed by atoms with Gasteiger partial charge in [0.1, 0.15) is 0 Å². The Labute approximate surface area is 128 Å². The maximum Gasteiger partial charge on any atom is 0.226 e. The summed E-state index contributed by atoms with van der Waals surface area (Å²) in [7, 11) is 0. The number of rotatable bonds is 5. The summed E-state index contributed by atoms with van der Waals surface area (Å²) in [4.78, 5) is 12.7. The molecule has 2 aliphatic rings. The molecule has 1 aliphatic heterocycles. The molecule has 0 aromatic heterocycles. The molecule has 1 amide bonds. The summed E-state index contributed by atoms with van der Waals surface area (Å²) in [5.41, 5.74) is -0.112. The van der Waals surface area contributed by atoms with Gasteiger partial charge in [0.15, 0.2) is 0 Å². The predicted octanol–water partition coefficient (Wildman–Crippen LogP) is 2.95. The van der Waals surface area contributed by atoms with E-state index in [1.807, 2.05) is 11.8 Å². The molecule has 20 heavy (non-hydrogen) atoms. The molecule has 0 radical (unpaired) electrons. The predicted molar refractivity (Wildman–Crippen MR) is 87.2 cm³/mol. The zero-order chi connectivity index (χ0) is 14.5. The highest BCUT2D eigenvalue weighted by Crippen LogP contribution is 2.39. The monoisotopic (exact) mass is 298 g/mol. The molecular formula is C16H30N2OS. The zero-order valence-corrected chi connectivity index (χ0v) is 13.9. The van der Waals surface area contributed by atoms with E-state index < -0.39 is 0 Å². The molecule has 4 heteroatoms. The normalized spacial score (nSPS) is 25.1. The average Bonchev–Trinajstić information content (AvgIpc) is 2.54. The van der Waals surface area contributed by atoms with Gasteiger partial charge in [-0.1, -0.05) is 26.2 Å². The van der Waals surface area contributed by atoms with Crippen LogP contribution in [0.5, 0.6) is 0 Å².